The van der Waals surface area contributed by atoms with E-state index in [1.807, 2.05) is 0 Å². The molecule has 0 bridgehead atoms. The minimum absolute atomic E-state index is 0.499. The van der Waals surface area contributed by atoms with Gasteiger partial charge < -0.3 is 9.64 Å². The lowest BCUT2D eigenvalue weighted by atomic mass is 9.79. The van der Waals surface area contributed by atoms with Crippen LogP contribution in [0.15, 0.2) is 0 Å². The number of likely N-dealkylation sites (tertiary alicyclic amines) is 1. The molecule has 0 saturated carbocycles. The highest BCUT2D eigenvalue weighted by Crippen LogP contribution is 2.29. The maximum absolute atomic E-state index is 5.69. The molecule has 2 unspecified atom stereocenters. The SMILES string of the molecule is C#CC1CCN(CCC2CCOCC2)CC1C(C)C. The minimum Gasteiger partial charge on any atom is -0.381 e. The lowest BCUT2D eigenvalue weighted by molar-refractivity contribution is 0.0538. The van der Waals surface area contributed by atoms with Crippen LogP contribution in [-0.4, -0.2) is 37.7 Å². The van der Waals surface area contributed by atoms with Crippen molar-refractivity contribution in [2.75, 3.05) is 32.8 Å². The van der Waals surface area contributed by atoms with Crippen molar-refractivity contribution in [2.24, 2.45) is 23.7 Å². The van der Waals surface area contributed by atoms with Crippen LogP contribution in [-0.2, 0) is 4.74 Å². The van der Waals surface area contributed by atoms with E-state index in [-0.39, 0.29) is 0 Å². The zero-order valence-corrected chi connectivity index (χ0v) is 12.6. The van der Waals surface area contributed by atoms with Gasteiger partial charge in [-0.2, -0.15) is 0 Å². The molecule has 2 saturated heterocycles. The second kappa shape index (κ2) is 7.31. The second-order valence-corrected chi connectivity index (χ2v) is 6.61. The summed E-state index contributed by atoms with van der Waals surface area (Å²) in [6, 6.07) is 0. The van der Waals surface area contributed by atoms with Crippen molar-refractivity contribution in [3.05, 3.63) is 0 Å². The molecule has 0 aromatic carbocycles. The molecule has 0 amide bonds. The fourth-order valence-corrected chi connectivity index (χ4v) is 3.54. The van der Waals surface area contributed by atoms with E-state index in [1.165, 1.54) is 45.3 Å². The standard InChI is InChI=1S/C17H29NO/c1-4-16-6-10-18(13-17(16)14(2)3)9-5-15-7-11-19-12-8-15/h1,14-17H,5-13H2,2-3H3. The molecule has 0 aromatic heterocycles. The molecule has 0 aliphatic carbocycles. The molecule has 19 heavy (non-hydrogen) atoms. The Hall–Kier alpha value is -0.520. The highest BCUT2D eigenvalue weighted by molar-refractivity contribution is 5.00. The van der Waals surface area contributed by atoms with Crippen LogP contribution in [0.1, 0.15) is 39.5 Å². The first-order valence-electron chi connectivity index (χ1n) is 7.97. The molecule has 2 aliphatic rings. The summed E-state index contributed by atoms with van der Waals surface area (Å²) in [6.45, 7) is 10.2. The van der Waals surface area contributed by atoms with E-state index in [1.54, 1.807) is 0 Å². The number of terminal acetylenes is 1. The fraction of sp³-hybridized carbons (Fsp3) is 0.882. The van der Waals surface area contributed by atoms with E-state index in [9.17, 15) is 0 Å². The van der Waals surface area contributed by atoms with Gasteiger partial charge in [0.1, 0.15) is 0 Å². The second-order valence-electron chi connectivity index (χ2n) is 6.61. The maximum Gasteiger partial charge on any atom is 0.0468 e. The Kier molecular flexibility index (Phi) is 5.73. The van der Waals surface area contributed by atoms with Gasteiger partial charge in [-0.3, -0.25) is 0 Å². The van der Waals surface area contributed by atoms with Crippen LogP contribution in [0.2, 0.25) is 0 Å². The molecule has 2 nitrogen and oxygen atoms in total. The Balaban J connectivity index is 1.77. The molecular weight excluding hydrogens is 234 g/mol. The van der Waals surface area contributed by atoms with Crippen molar-refractivity contribution < 1.29 is 4.74 Å². The summed E-state index contributed by atoms with van der Waals surface area (Å²) in [5, 5.41) is 0. The van der Waals surface area contributed by atoms with E-state index in [4.69, 9.17) is 11.2 Å². The number of nitrogens with zero attached hydrogens (tertiary/aromatic N) is 1. The summed E-state index contributed by atoms with van der Waals surface area (Å²) < 4.78 is 5.43. The molecule has 0 aromatic rings. The summed E-state index contributed by atoms with van der Waals surface area (Å²) in [5.74, 6) is 5.79. The molecule has 108 valence electrons. The molecule has 2 aliphatic heterocycles. The molecule has 2 rings (SSSR count). The normalized spacial score (nSPS) is 30.4. The van der Waals surface area contributed by atoms with E-state index >= 15 is 0 Å². The van der Waals surface area contributed by atoms with Crippen molar-refractivity contribution in [1.82, 2.24) is 4.90 Å². The largest absolute Gasteiger partial charge is 0.381 e. The molecule has 2 heterocycles. The van der Waals surface area contributed by atoms with Gasteiger partial charge in [-0.1, -0.05) is 13.8 Å². The number of hydrogen-bond donors (Lipinski definition) is 0. The molecule has 0 N–H and O–H groups in total. The third-order valence-corrected chi connectivity index (χ3v) is 5.01. The number of piperidine rings is 1. The van der Waals surface area contributed by atoms with E-state index in [2.05, 4.69) is 24.7 Å². The molecule has 2 fully saturated rings. The topological polar surface area (TPSA) is 12.5 Å². The quantitative estimate of drug-likeness (QED) is 0.723. The van der Waals surface area contributed by atoms with Crippen LogP contribution in [0.25, 0.3) is 0 Å². The Labute approximate surface area is 118 Å². The van der Waals surface area contributed by atoms with Crippen molar-refractivity contribution in [3.63, 3.8) is 0 Å². The summed E-state index contributed by atoms with van der Waals surface area (Å²) >= 11 is 0. The van der Waals surface area contributed by atoms with Gasteiger partial charge in [0, 0.05) is 25.7 Å². The zero-order chi connectivity index (χ0) is 13.7. The van der Waals surface area contributed by atoms with Gasteiger partial charge in [0.2, 0.25) is 0 Å². The van der Waals surface area contributed by atoms with Gasteiger partial charge in [0.25, 0.3) is 0 Å². The highest BCUT2D eigenvalue weighted by atomic mass is 16.5. The minimum atomic E-state index is 0.499. The first kappa shape index (κ1) is 14.9. The first-order chi connectivity index (χ1) is 9.20. The van der Waals surface area contributed by atoms with Gasteiger partial charge in [-0.25, -0.2) is 0 Å². The van der Waals surface area contributed by atoms with Gasteiger partial charge in [0.15, 0.2) is 0 Å². The Bertz CT molecular complexity index is 301. The highest BCUT2D eigenvalue weighted by Gasteiger charge is 2.30. The molecular formula is C17H29NO. The van der Waals surface area contributed by atoms with Crippen LogP contribution in [0.5, 0.6) is 0 Å². The van der Waals surface area contributed by atoms with E-state index < -0.39 is 0 Å². The van der Waals surface area contributed by atoms with E-state index in [0.29, 0.717) is 17.8 Å². The van der Waals surface area contributed by atoms with Gasteiger partial charge >= 0.3 is 0 Å². The van der Waals surface area contributed by atoms with Gasteiger partial charge in [0.05, 0.1) is 0 Å². The van der Waals surface area contributed by atoms with Crippen molar-refractivity contribution in [2.45, 2.75) is 39.5 Å². The monoisotopic (exact) mass is 263 g/mol. The number of rotatable bonds is 4. The van der Waals surface area contributed by atoms with Crippen LogP contribution in [0.4, 0.5) is 0 Å². The lowest BCUT2D eigenvalue weighted by Crippen LogP contribution is -2.43. The Morgan fingerprint density at radius 1 is 1.26 bits per heavy atom. The van der Waals surface area contributed by atoms with Gasteiger partial charge in [-0.15, -0.1) is 12.3 Å². The third kappa shape index (κ3) is 4.23. The zero-order valence-electron chi connectivity index (χ0n) is 12.6. The molecule has 2 atom stereocenters. The average molecular weight is 263 g/mol. The van der Waals surface area contributed by atoms with Crippen LogP contribution < -0.4 is 0 Å². The predicted octanol–water partition coefficient (Wildman–Crippen LogP) is 3.03. The smallest absolute Gasteiger partial charge is 0.0468 e. The summed E-state index contributed by atoms with van der Waals surface area (Å²) in [5.41, 5.74) is 0. The molecule has 2 heteroatoms. The van der Waals surface area contributed by atoms with Crippen LogP contribution >= 0.6 is 0 Å². The Morgan fingerprint density at radius 3 is 2.63 bits per heavy atom. The predicted molar refractivity (Wildman–Crippen MR) is 79.9 cm³/mol. The summed E-state index contributed by atoms with van der Waals surface area (Å²) in [4.78, 5) is 2.65. The fourth-order valence-electron chi connectivity index (χ4n) is 3.54. The van der Waals surface area contributed by atoms with Crippen LogP contribution in [0.3, 0.4) is 0 Å². The number of hydrogen-bond acceptors (Lipinski definition) is 2. The summed E-state index contributed by atoms with van der Waals surface area (Å²) in [6.07, 6.45) is 10.7. The van der Waals surface area contributed by atoms with Crippen molar-refractivity contribution in [1.29, 1.82) is 0 Å². The van der Waals surface area contributed by atoms with Gasteiger partial charge in [-0.05, 0) is 56.5 Å². The average Bonchev–Trinajstić information content (AvgIpc) is 2.46. The van der Waals surface area contributed by atoms with Crippen molar-refractivity contribution in [3.8, 4) is 12.3 Å². The number of ether oxygens (including phenoxy) is 1. The van der Waals surface area contributed by atoms with Crippen molar-refractivity contribution >= 4 is 0 Å². The summed E-state index contributed by atoms with van der Waals surface area (Å²) in [7, 11) is 0. The lowest BCUT2D eigenvalue weighted by Gasteiger charge is -2.39. The van der Waals surface area contributed by atoms with E-state index in [0.717, 1.165) is 19.1 Å². The third-order valence-electron chi connectivity index (χ3n) is 5.01. The molecule has 0 radical (unpaired) electrons. The Morgan fingerprint density at radius 2 is 2.00 bits per heavy atom. The first-order valence-corrected chi connectivity index (χ1v) is 7.97. The van der Waals surface area contributed by atoms with Crippen LogP contribution in [0, 0.1) is 36.0 Å². The maximum atomic E-state index is 5.69. The molecule has 0 spiro atoms.